The first-order valence-electron chi connectivity index (χ1n) is 7.27. The maximum Gasteiger partial charge on any atom is 1.00 e. The molecule has 0 radical (unpaired) electrons. The van der Waals surface area contributed by atoms with Crippen molar-refractivity contribution in [2.75, 3.05) is 6.54 Å². The molecule has 0 spiro atoms. The van der Waals surface area contributed by atoms with E-state index in [4.69, 9.17) is 0 Å². The molecule has 2 nitrogen and oxygen atoms in total. The van der Waals surface area contributed by atoms with Crippen molar-refractivity contribution < 1.29 is 23.7 Å². The van der Waals surface area contributed by atoms with Crippen LogP contribution in [0, 0.1) is 6.92 Å². The second-order valence-electron chi connectivity index (χ2n) is 5.63. The number of carbonyl (C=O) groups is 1. The first-order chi connectivity index (χ1) is 9.98. The Morgan fingerprint density at radius 2 is 1.59 bits per heavy atom. The molecule has 0 bridgehead atoms. The van der Waals surface area contributed by atoms with E-state index >= 15 is 0 Å². The summed E-state index contributed by atoms with van der Waals surface area (Å²) in [5.41, 5.74) is 2.20. The SMILES string of the molecule is [CH2-]c1ccccc1C(=O)N(CC)C(C)(C)c1ccccc1.[Li+]. The minimum absolute atomic E-state index is 0. The Balaban J connectivity index is 0.00000242. The van der Waals surface area contributed by atoms with Gasteiger partial charge in [-0.05, 0) is 26.3 Å². The Hall–Kier alpha value is -1.62. The third kappa shape index (κ3) is 3.58. The average Bonchev–Trinajstić information content (AvgIpc) is 2.49. The second kappa shape index (κ2) is 7.58. The van der Waals surface area contributed by atoms with Crippen molar-refractivity contribution >= 4 is 5.91 Å². The van der Waals surface area contributed by atoms with Crippen molar-refractivity contribution in [3.63, 3.8) is 0 Å². The molecular formula is C19H22LiNO. The van der Waals surface area contributed by atoms with Crippen molar-refractivity contribution in [1.82, 2.24) is 4.90 Å². The first-order valence-corrected chi connectivity index (χ1v) is 7.27. The summed E-state index contributed by atoms with van der Waals surface area (Å²) in [7, 11) is 0. The van der Waals surface area contributed by atoms with E-state index in [1.807, 2.05) is 54.3 Å². The van der Waals surface area contributed by atoms with E-state index in [2.05, 4.69) is 32.9 Å². The topological polar surface area (TPSA) is 20.3 Å². The van der Waals surface area contributed by atoms with Crippen molar-refractivity contribution in [2.45, 2.75) is 26.3 Å². The summed E-state index contributed by atoms with van der Waals surface area (Å²) in [5.74, 6) is 0.0250. The molecule has 0 saturated carbocycles. The molecule has 0 N–H and O–H groups in total. The van der Waals surface area contributed by atoms with Crippen LogP contribution >= 0.6 is 0 Å². The van der Waals surface area contributed by atoms with Crippen molar-refractivity contribution in [3.8, 4) is 0 Å². The van der Waals surface area contributed by atoms with Crippen LogP contribution in [-0.2, 0) is 5.54 Å². The molecule has 22 heavy (non-hydrogen) atoms. The molecule has 0 unspecified atom stereocenters. The molecule has 3 heteroatoms. The Bertz CT molecular complexity index is 622. The number of hydrogen-bond acceptors (Lipinski definition) is 1. The van der Waals surface area contributed by atoms with Gasteiger partial charge in [0.1, 0.15) is 0 Å². The Morgan fingerprint density at radius 1 is 1.05 bits per heavy atom. The fourth-order valence-corrected chi connectivity index (χ4v) is 2.67. The molecule has 2 rings (SSSR count). The number of nitrogens with zero attached hydrogens (tertiary/aromatic N) is 1. The van der Waals surface area contributed by atoms with Gasteiger partial charge in [-0.15, -0.1) is 12.1 Å². The average molecular weight is 287 g/mol. The number of amides is 1. The number of carbonyl (C=O) groups excluding carboxylic acids is 1. The van der Waals surface area contributed by atoms with Crippen LogP contribution in [-0.4, -0.2) is 17.4 Å². The first kappa shape index (κ1) is 18.4. The maximum absolute atomic E-state index is 12.9. The van der Waals surface area contributed by atoms with E-state index in [1.54, 1.807) is 0 Å². The predicted octanol–water partition coefficient (Wildman–Crippen LogP) is 1.27. The van der Waals surface area contributed by atoms with Crippen LogP contribution in [0.15, 0.2) is 54.6 Å². The van der Waals surface area contributed by atoms with Crippen molar-refractivity contribution in [3.05, 3.63) is 78.2 Å². The van der Waals surface area contributed by atoms with E-state index in [-0.39, 0.29) is 30.3 Å². The largest absolute Gasteiger partial charge is 1.00 e. The van der Waals surface area contributed by atoms with Gasteiger partial charge in [0.2, 0.25) is 0 Å². The monoisotopic (exact) mass is 287 g/mol. The van der Waals surface area contributed by atoms with E-state index < -0.39 is 0 Å². The van der Waals surface area contributed by atoms with Gasteiger partial charge < -0.3 is 4.90 Å². The van der Waals surface area contributed by atoms with Gasteiger partial charge in [0.15, 0.2) is 5.91 Å². The smallest absolute Gasteiger partial charge is 0.340 e. The fourth-order valence-electron chi connectivity index (χ4n) is 2.67. The summed E-state index contributed by atoms with van der Waals surface area (Å²) < 4.78 is 0. The number of hydrogen-bond donors (Lipinski definition) is 0. The molecule has 0 saturated heterocycles. The molecule has 0 aromatic heterocycles. The van der Waals surface area contributed by atoms with E-state index in [0.717, 1.165) is 11.1 Å². The summed E-state index contributed by atoms with van der Waals surface area (Å²) in [5, 5.41) is 0. The van der Waals surface area contributed by atoms with Gasteiger partial charge in [-0.2, -0.15) is 18.6 Å². The summed E-state index contributed by atoms with van der Waals surface area (Å²) in [6, 6.07) is 17.6. The van der Waals surface area contributed by atoms with Gasteiger partial charge in [-0.3, -0.25) is 4.79 Å². The molecule has 0 heterocycles. The molecule has 2 aromatic carbocycles. The Morgan fingerprint density at radius 3 is 2.14 bits per heavy atom. The zero-order valence-electron chi connectivity index (χ0n) is 14.0. The maximum atomic E-state index is 12.9. The van der Waals surface area contributed by atoms with Gasteiger partial charge in [0.25, 0.3) is 0 Å². The normalized spacial score (nSPS) is 10.7. The minimum Gasteiger partial charge on any atom is -0.340 e. The third-order valence-electron chi connectivity index (χ3n) is 3.96. The molecular weight excluding hydrogens is 265 g/mol. The van der Waals surface area contributed by atoms with Crippen LogP contribution in [0.1, 0.15) is 42.3 Å². The minimum atomic E-state index is -0.366. The fraction of sp³-hybridized carbons (Fsp3) is 0.263. The van der Waals surface area contributed by atoms with Gasteiger partial charge in [0, 0.05) is 6.54 Å². The quantitative estimate of drug-likeness (QED) is 0.612. The van der Waals surface area contributed by atoms with E-state index in [1.165, 1.54) is 0 Å². The standard InChI is InChI=1S/C19H22NO.Li/c1-5-20(18(21)17-14-10-9-11-15(17)2)19(3,4)16-12-7-6-8-13-16;/h6-14H,2,5H2,1,3-4H3;/q-1;+1. The van der Waals surface area contributed by atoms with Crippen LogP contribution in [0.25, 0.3) is 0 Å². The zero-order valence-corrected chi connectivity index (χ0v) is 14.0. The molecule has 0 aliphatic carbocycles. The Labute approximate surface area is 145 Å². The summed E-state index contributed by atoms with van der Waals surface area (Å²) in [6.45, 7) is 10.8. The molecule has 1 amide bonds. The van der Waals surface area contributed by atoms with Crippen molar-refractivity contribution in [1.29, 1.82) is 0 Å². The van der Waals surface area contributed by atoms with Crippen LogP contribution in [0.3, 0.4) is 0 Å². The Kier molecular flexibility index (Phi) is 6.35. The van der Waals surface area contributed by atoms with Crippen molar-refractivity contribution in [2.24, 2.45) is 0 Å². The third-order valence-corrected chi connectivity index (χ3v) is 3.96. The molecule has 0 aliphatic rings. The van der Waals surface area contributed by atoms with Gasteiger partial charge >= 0.3 is 18.9 Å². The summed E-state index contributed by atoms with van der Waals surface area (Å²) >= 11 is 0. The zero-order chi connectivity index (χ0) is 15.5. The van der Waals surface area contributed by atoms with Crippen LogP contribution in [0.2, 0.25) is 0 Å². The summed E-state index contributed by atoms with van der Waals surface area (Å²) in [6.07, 6.45) is 0. The van der Waals surface area contributed by atoms with Gasteiger partial charge in [-0.1, -0.05) is 42.0 Å². The van der Waals surface area contributed by atoms with Crippen LogP contribution < -0.4 is 18.9 Å². The van der Waals surface area contributed by atoms with Gasteiger partial charge in [-0.25, -0.2) is 0 Å². The van der Waals surface area contributed by atoms with Gasteiger partial charge in [0.05, 0.1) is 5.54 Å². The molecule has 110 valence electrons. The van der Waals surface area contributed by atoms with E-state index in [9.17, 15) is 4.79 Å². The molecule has 0 fully saturated rings. The molecule has 0 atom stereocenters. The summed E-state index contributed by atoms with van der Waals surface area (Å²) in [4.78, 5) is 14.8. The predicted molar refractivity (Wildman–Crippen MR) is 87.1 cm³/mol. The molecule has 2 aromatic rings. The van der Waals surface area contributed by atoms with Crippen LogP contribution in [0.4, 0.5) is 0 Å². The second-order valence-corrected chi connectivity index (χ2v) is 5.63. The number of benzene rings is 2. The van der Waals surface area contributed by atoms with E-state index in [0.29, 0.717) is 12.1 Å². The van der Waals surface area contributed by atoms with Crippen LogP contribution in [0.5, 0.6) is 0 Å². The number of rotatable bonds is 4. The molecule has 0 aliphatic heterocycles.